The van der Waals surface area contributed by atoms with E-state index in [4.69, 9.17) is 4.98 Å². The average Bonchev–Trinajstić information content (AvgIpc) is 3.60. The first-order valence-electron chi connectivity index (χ1n) is 11.5. The molecule has 0 fully saturated rings. The Morgan fingerprint density at radius 3 is 2.53 bits per heavy atom. The molecule has 0 aliphatic carbocycles. The van der Waals surface area contributed by atoms with Gasteiger partial charge in [-0.05, 0) is 47.5 Å². The van der Waals surface area contributed by atoms with Crippen LogP contribution in [0.3, 0.4) is 0 Å². The van der Waals surface area contributed by atoms with Gasteiger partial charge in [-0.3, -0.25) is 14.9 Å². The summed E-state index contributed by atoms with van der Waals surface area (Å²) in [7, 11) is 0. The molecule has 9 heteroatoms. The summed E-state index contributed by atoms with van der Waals surface area (Å²) in [4.78, 5) is 25.8. The molecule has 9 nitrogen and oxygen atoms in total. The predicted molar refractivity (Wildman–Crippen MR) is 139 cm³/mol. The van der Waals surface area contributed by atoms with Crippen molar-refractivity contribution in [1.82, 2.24) is 25.1 Å². The first kappa shape index (κ1) is 21.5. The van der Waals surface area contributed by atoms with Crippen LogP contribution in [-0.2, 0) is 11.2 Å². The monoisotopic (exact) mass is 474 g/mol. The lowest BCUT2D eigenvalue weighted by Crippen LogP contribution is -2.32. The van der Waals surface area contributed by atoms with Crippen LogP contribution < -0.4 is 16.0 Å². The number of rotatable bonds is 6. The molecule has 5 aromatic rings. The lowest BCUT2D eigenvalue weighted by molar-refractivity contribution is -0.116. The molecule has 6 rings (SSSR count). The van der Waals surface area contributed by atoms with Gasteiger partial charge >= 0.3 is 0 Å². The van der Waals surface area contributed by atoms with Gasteiger partial charge in [-0.2, -0.15) is 5.10 Å². The third-order valence-corrected chi connectivity index (χ3v) is 6.03. The summed E-state index contributed by atoms with van der Waals surface area (Å²) in [5.41, 5.74) is 6.63. The molecule has 4 heterocycles. The number of hydrogen-bond donors (Lipinski definition) is 4. The Morgan fingerprint density at radius 1 is 0.889 bits per heavy atom. The van der Waals surface area contributed by atoms with Crippen LogP contribution in [0, 0.1) is 0 Å². The number of anilines is 4. The summed E-state index contributed by atoms with van der Waals surface area (Å²) in [6.45, 7) is 0. The van der Waals surface area contributed by atoms with E-state index in [-0.39, 0.29) is 11.9 Å². The molecule has 2 aromatic carbocycles. The number of carbonyl (C=O) groups excluding carboxylic acids is 1. The Hall–Kier alpha value is -5.05. The Morgan fingerprint density at radius 2 is 1.72 bits per heavy atom. The third-order valence-electron chi connectivity index (χ3n) is 6.03. The largest absolute Gasteiger partial charge is 0.373 e. The minimum Gasteiger partial charge on any atom is -0.373 e. The molecule has 0 radical (unpaired) electrons. The highest BCUT2D eigenvalue weighted by atomic mass is 16.2. The van der Waals surface area contributed by atoms with E-state index in [1.54, 1.807) is 36.9 Å². The van der Waals surface area contributed by atoms with Crippen molar-refractivity contribution in [3.8, 4) is 22.5 Å². The number of benzene rings is 2. The number of carbonyl (C=O) groups is 1. The van der Waals surface area contributed by atoms with E-state index in [1.807, 2.05) is 54.7 Å². The lowest BCUT2D eigenvalue weighted by atomic mass is 10.1. The fraction of sp³-hybridized carbons (Fsp3) is 0.0741. The summed E-state index contributed by atoms with van der Waals surface area (Å²) < 4.78 is 0. The predicted octanol–water partition coefficient (Wildman–Crippen LogP) is 4.65. The van der Waals surface area contributed by atoms with E-state index in [2.05, 4.69) is 36.1 Å². The zero-order chi connectivity index (χ0) is 24.3. The maximum absolute atomic E-state index is 12.7. The van der Waals surface area contributed by atoms with Gasteiger partial charge < -0.3 is 16.0 Å². The van der Waals surface area contributed by atoms with Gasteiger partial charge in [-0.25, -0.2) is 9.97 Å². The van der Waals surface area contributed by atoms with Crippen molar-refractivity contribution in [2.75, 3.05) is 16.0 Å². The van der Waals surface area contributed by atoms with Crippen molar-refractivity contribution in [3.05, 3.63) is 97.2 Å². The van der Waals surface area contributed by atoms with Gasteiger partial charge in [0.25, 0.3) is 0 Å². The molecule has 36 heavy (non-hydrogen) atoms. The summed E-state index contributed by atoms with van der Waals surface area (Å²) in [6.07, 6.45) is 9.30. The molecule has 4 N–H and O–H groups in total. The molecule has 0 saturated heterocycles. The highest BCUT2D eigenvalue weighted by Gasteiger charge is 2.27. The standard InChI is InChI=1S/C27H22N8O/c36-27(33-22-7-10-28-11-8-22)24-13-18-1-2-19(14-23(18)34-24)26-29-12-9-25(35-26)32-21-5-3-17(4-6-21)20-15-30-31-16-20/h1-12,14-16,24,34H,13H2,(H,30,31)(H,28,33,36)(H,29,32,35). The number of nitrogens with zero attached hydrogens (tertiary/aromatic N) is 4. The molecule has 1 aliphatic heterocycles. The Kier molecular flexibility index (Phi) is 5.55. The van der Waals surface area contributed by atoms with E-state index in [9.17, 15) is 4.79 Å². The van der Waals surface area contributed by atoms with Crippen LogP contribution in [0.4, 0.5) is 22.9 Å². The van der Waals surface area contributed by atoms with E-state index in [0.717, 1.165) is 39.3 Å². The summed E-state index contributed by atoms with van der Waals surface area (Å²) in [5, 5.41) is 16.4. The smallest absolute Gasteiger partial charge is 0.247 e. The van der Waals surface area contributed by atoms with Gasteiger partial charge in [0.05, 0.1) is 6.20 Å². The molecule has 1 atom stereocenters. The van der Waals surface area contributed by atoms with Crippen molar-refractivity contribution in [3.63, 3.8) is 0 Å². The van der Waals surface area contributed by atoms with E-state index in [0.29, 0.717) is 18.1 Å². The fourth-order valence-corrected chi connectivity index (χ4v) is 4.18. The first-order valence-corrected chi connectivity index (χ1v) is 11.5. The maximum Gasteiger partial charge on any atom is 0.247 e. The van der Waals surface area contributed by atoms with Gasteiger partial charge in [0.2, 0.25) is 5.91 Å². The van der Waals surface area contributed by atoms with Gasteiger partial charge in [0, 0.05) is 59.4 Å². The van der Waals surface area contributed by atoms with E-state index < -0.39 is 0 Å². The quantitative estimate of drug-likeness (QED) is 0.283. The summed E-state index contributed by atoms with van der Waals surface area (Å²) in [5.74, 6) is 1.21. The number of pyridine rings is 1. The Labute approximate surface area is 207 Å². The first-order chi connectivity index (χ1) is 17.7. The SMILES string of the molecule is O=C(Nc1ccncc1)C1Cc2ccc(-c3nccc(Nc4ccc(-c5cn[nH]c5)cc4)n3)cc2N1. The van der Waals surface area contributed by atoms with Gasteiger partial charge in [-0.15, -0.1) is 0 Å². The molecule has 0 saturated carbocycles. The minimum absolute atomic E-state index is 0.0832. The van der Waals surface area contributed by atoms with Crippen LogP contribution in [0.2, 0.25) is 0 Å². The van der Waals surface area contributed by atoms with Gasteiger partial charge in [0.1, 0.15) is 11.9 Å². The topological polar surface area (TPSA) is 121 Å². The second kappa shape index (κ2) is 9.30. The van der Waals surface area contributed by atoms with E-state index >= 15 is 0 Å². The van der Waals surface area contributed by atoms with Crippen molar-refractivity contribution in [1.29, 1.82) is 0 Å². The highest BCUT2D eigenvalue weighted by Crippen LogP contribution is 2.31. The number of amides is 1. The summed E-state index contributed by atoms with van der Waals surface area (Å²) in [6, 6.07) is 19.1. The Balaban J connectivity index is 1.15. The average molecular weight is 475 g/mol. The van der Waals surface area contributed by atoms with Crippen LogP contribution in [0.15, 0.2) is 91.6 Å². The number of H-pyrrole nitrogens is 1. The maximum atomic E-state index is 12.7. The molecular weight excluding hydrogens is 452 g/mol. The van der Waals surface area contributed by atoms with Gasteiger partial charge in [0.15, 0.2) is 5.82 Å². The van der Waals surface area contributed by atoms with Crippen LogP contribution in [0.5, 0.6) is 0 Å². The minimum atomic E-state index is -0.345. The van der Waals surface area contributed by atoms with Crippen molar-refractivity contribution in [2.45, 2.75) is 12.5 Å². The second-order valence-corrected chi connectivity index (χ2v) is 8.45. The number of aromatic nitrogens is 5. The van der Waals surface area contributed by atoms with Crippen LogP contribution in [0.1, 0.15) is 5.56 Å². The molecular formula is C27H22N8O. The zero-order valence-electron chi connectivity index (χ0n) is 19.1. The molecule has 0 bridgehead atoms. The molecule has 1 aliphatic rings. The number of aromatic amines is 1. The molecule has 0 spiro atoms. The molecule has 176 valence electrons. The zero-order valence-corrected chi connectivity index (χ0v) is 19.1. The van der Waals surface area contributed by atoms with Crippen LogP contribution in [-0.4, -0.2) is 37.1 Å². The number of hydrogen-bond acceptors (Lipinski definition) is 7. The van der Waals surface area contributed by atoms with Crippen LogP contribution in [0.25, 0.3) is 22.5 Å². The molecule has 1 unspecified atom stereocenters. The highest BCUT2D eigenvalue weighted by molar-refractivity contribution is 5.98. The summed E-state index contributed by atoms with van der Waals surface area (Å²) >= 11 is 0. The number of fused-ring (bicyclic) bond motifs is 1. The van der Waals surface area contributed by atoms with Crippen LogP contribution >= 0.6 is 0 Å². The van der Waals surface area contributed by atoms with Crippen molar-refractivity contribution >= 4 is 28.8 Å². The van der Waals surface area contributed by atoms with Gasteiger partial charge in [-0.1, -0.05) is 24.3 Å². The Bertz CT molecular complexity index is 1500. The number of nitrogens with one attached hydrogen (secondary N) is 4. The molecule has 1 amide bonds. The molecule has 3 aromatic heterocycles. The lowest BCUT2D eigenvalue weighted by Gasteiger charge is -2.12. The second-order valence-electron chi connectivity index (χ2n) is 8.45. The van der Waals surface area contributed by atoms with E-state index in [1.165, 1.54) is 0 Å². The van der Waals surface area contributed by atoms with Crippen molar-refractivity contribution in [2.24, 2.45) is 0 Å². The third kappa shape index (κ3) is 4.49. The van der Waals surface area contributed by atoms with Crippen molar-refractivity contribution < 1.29 is 4.79 Å². The normalized spacial score (nSPS) is 14.1. The fourth-order valence-electron chi connectivity index (χ4n) is 4.18.